The van der Waals surface area contributed by atoms with E-state index in [2.05, 4.69) is 22.6 Å². The van der Waals surface area contributed by atoms with Gasteiger partial charge in [-0.05, 0) is 77.6 Å². The normalized spacial score (nSPS) is 14.0. The molecule has 1 unspecified atom stereocenters. The Hall–Kier alpha value is -0.850. The molecule has 1 atom stereocenters. The van der Waals surface area contributed by atoms with Crippen molar-refractivity contribution in [2.24, 2.45) is 5.92 Å². The molecule has 0 bridgehead atoms. The van der Waals surface area contributed by atoms with Gasteiger partial charge in [0.1, 0.15) is 11.2 Å². The number of halogens is 1. The maximum atomic E-state index is 11.8. The van der Waals surface area contributed by atoms with Crippen LogP contribution in [0.15, 0.2) is 24.3 Å². The van der Waals surface area contributed by atoms with Gasteiger partial charge in [-0.15, -0.1) is 0 Å². The van der Waals surface area contributed by atoms with E-state index < -0.39 is 11.2 Å². The van der Waals surface area contributed by atoms with Crippen molar-refractivity contribution in [1.82, 2.24) is 0 Å². The van der Waals surface area contributed by atoms with Crippen molar-refractivity contribution in [2.75, 3.05) is 4.43 Å². The fourth-order valence-corrected chi connectivity index (χ4v) is 2.49. The first-order chi connectivity index (χ1) is 11.4. The zero-order valence-electron chi connectivity index (χ0n) is 16.4. The largest absolute Gasteiger partial charge is 0.457 e. The van der Waals surface area contributed by atoms with Crippen molar-refractivity contribution in [3.63, 3.8) is 0 Å². The number of ether oxygens (including phenoxy) is 2. The number of allylic oxidation sites excluding steroid dienone is 2. The van der Waals surface area contributed by atoms with Crippen LogP contribution in [0, 0.1) is 5.92 Å². The van der Waals surface area contributed by atoms with Gasteiger partial charge in [0.15, 0.2) is 0 Å². The van der Waals surface area contributed by atoms with E-state index in [0.717, 1.165) is 30.1 Å². The van der Waals surface area contributed by atoms with Crippen LogP contribution in [0.25, 0.3) is 0 Å². The highest BCUT2D eigenvalue weighted by atomic mass is 127. The monoisotopic (exact) mass is 464 g/mol. The smallest absolute Gasteiger partial charge is 0.330 e. The van der Waals surface area contributed by atoms with Gasteiger partial charge in [-0.1, -0.05) is 34.7 Å². The SMILES string of the molecule is CC(C)(C)OC(=O)/C=C/CCC(/C=C/C(=O)OC(C)(C)C)CCCI. The summed E-state index contributed by atoms with van der Waals surface area (Å²) in [5, 5.41) is 0. The van der Waals surface area contributed by atoms with Gasteiger partial charge in [0.05, 0.1) is 0 Å². The Morgan fingerprint density at radius 3 is 1.92 bits per heavy atom. The third-order valence-corrected chi connectivity index (χ3v) is 3.75. The van der Waals surface area contributed by atoms with E-state index in [1.807, 2.05) is 53.7 Å². The average molecular weight is 464 g/mol. The molecule has 0 aliphatic heterocycles. The topological polar surface area (TPSA) is 52.6 Å². The average Bonchev–Trinajstić information content (AvgIpc) is 2.41. The Balaban J connectivity index is 4.49. The van der Waals surface area contributed by atoms with Crippen LogP contribution < -0.4 is 0 Å². The lowest BCUT2D eigenvalue weighted by Gasteiger charge is -2.18. The van der Waals surface area contributed by atoms with Crippen LogP contribution in [-0.4, -0.2) is 27.6 Å². The van der Waals surface area contributed by atoms with E-state index in [9.17, 15) is 9.59 Å². The number of esters is 2. The van der Waals surface area contributed by atoms with Crippen LogP contribution in [0.2, 0.25) is 0 Å². The molecular weight excluding hydrogens is 431 g/mol. The molecule has 0 rings (SSSR count). The number of hydrogen-bond donors (Lipinski definition) is 0. The lowest BCUT2D eigenvalue weighted by atomic mass is 9.97. The molecule has 0 amide bonds. The summed E-state index contributed by atoms with van der Waals surface area (Å²) in [6.07, 6.45) is 10.5. The lowest BCUT2D eigenvalue weighted by Crippen LogP contribution is -2.22. The number of carbonyl (C=O) groups is 2. The van der Waals surface area contributed by atoms with E-state index in [1.54, 1.807) is 0 Å². The van der Waals surface area contributed by atoms with Gasteiger partial charge in [-0.25, -0.2) is 9.59 Å². The van der Waals surface area contributed by atoms with Crippen LogP contribution >= 0.6 is 22.6 Å². The summed E-state index contributed by atoms with van der Waals surface area (Å²) in [4.78, 5) is 23.4. The van der Waals surface area contributed by atoms with Crippen molar-refractivity contribution in [2.45, 2.75) is 78.4 Å². The molecule has 4 nitrogen and oxygen atoms in total. The van der Waals surface area contributed by atoms with Gasteiger partial charge in [0.2, 0.25) is 0 Å². The Morgan fingerprint density at radius 1 is 0.920 bits per heavy atom. The summed E-state index contributed by atoms with van der Waals surface area (Å²) in [6, 6.07) is 0. The summed E-state index contributed by atoms with van der Waals surface area (Å²) in [5.74, 6) is -0.331. The number of hydrogen-bond acceptors (Lipinski definition) is 4. The number of rotatable bonds is 9. The zero-order chi connectivity index (χ0) is 19.5. The van der Waals surface area contributed by atoms with Gasteiger partial charge in [0.25, 0.3) is 0 Å². The number of carbonyl (C=O) groups excluding carboxylic acids is 2. The van der Waals surface area contributed by atoms with Gasteiger partial charge in [-0.3, -0.25) is 0 Å². The maximum absolute atomic E-state index is 11.8. The zero-order valence-corrected chi connectivity index (χ0v) is 18.6. The summed E-state index contributed by atoms with van der Waals surface area (Å²) in [6.45, 7) is 11.1. The van der Waals surface area contributed by atoms with Crippen LogP contribution in [0.5, 0.6) is 0 Å². The molecule has 0 aromatic rings. The second-order valence-electron chi connectivity index (χ2n) is 8.00. The standard InChI is InChI=1S/C20H33IO4/c1-19(2,3)24-17(22)12-8-7-10-16(11-9-15-21)13-14-18(23)25-20(4,5)6/h8,12-14,16H,7,9-11,15H2,1-6H3/b12-8+,14-13+. The molecule has 0 fully saturated rings. The summed E-state index contributed by atoms with van der Waals surface area (Å²) >= 11 is 2.36. The Labute approximate surface area is 166 Å². The molecule has 0 heterocycles. The van der Waals surface area contributed by atoms with Crippen LogP contribution in [0.1, 0.15) is 67.2 Å². The molecule has 0 aromatic heterocycles. The van der Waals surface area contributed by atoms with Gasteiger partial charge in [-0.2, -0.15) is 0 Å². The molecule has 0 aliphatic carbocycles. The minimum absolute atomic E-state index is 0.297. The molecule has 0 N–H and O–H groups in total. The second kappa shape index (κ2) is 11.7. The van der Waals surface area contributed by atoms with Gasteiger partial charge < -0.3 is 9.47 Å². The minimum Gasteiger partial charge on any atom is -0.457 e. The third-order valence-electron chi connectivity index (χ3n) is 2.98. The van der Waals surface area contributed by atoms with E-state index in [-0.39, 0.29) is 11.9 Å². The van der Waals surface area contributed by atoms with Crippen molar-refractivity contribution in [3.05, 3.63) is 24.3 Å². The molecule has 0 saturated carbocycles. The maximum Gasteiger partial charge on any atom is 0.330 e. The number of alkyl halides is 1. The van der Waals surface area contributed by atoms with E-state index in [0.29, 0.717) is 5.92 Å². The fraction of sp³-hybridized carbons (Fsp3) is 0.700. The molecule has 25 heavy (non-hydrogen) atoms. The lowest BCUT2D eigenvalue weighted by molar-refractivity contribution is -0.149. The highest BCUT2D eigenvalue weighted by Crippen LogP contribution is 2.18. The first-order valence-corrected chi connectivity index (χ1v) is 10.3. The molecule has 0 aliphatic rings. The highest BCUT2D eigenvalue weighted by Gasteiger charge is 2.15. The molecule has 0 radical (unpaired) electrons. The van der Waals surface area contributed by atoms with Gasteiger partial charge in [0, 0.05) is 12.2 Å². The van der Waals surface area contributed by atoms with E-state index in [4.69, 9.17) is 9.47 Å². The molecule has 0 saturated heterocycles. The third kappa shape index (κ3) is 16.4. The second-order valence-corrected chi connectivity index (χ2v) is 9.08. The minimum atomic E-state index is -0.477. The first kappa shape index (κ1) is 24.1. The van der Waals surface area contributed by atoms with Gasteiger partial charge >= 0.3 is 11.9 Å². The molecular formula is C20H33IO4. The predicted octanol–water partition coefficient (Wildman–Crippen LogP) is 5.39. The summed E-state index contributed by atoms with van der Waals surface area (Å²) < 4.78 is 11.6. The van der Waals surface area contributed by atoms with Crippen molar-refractivity contribution >= 4 is 34.5 Å². The quantitative estimate of drug-likeness (QED) is 0.199. The van der Waals surface area contributed by atoms with Crippen molar-refractivity contribution in [3.8, 4) is 0 Å². The highest BCUT2D eigenvalue weighted by molar-refractivity contribution is 14.1. The predicted molar refractivity (Wildman–Crippen MR) is 111 cm³/mol. The fourth-order valence-electron chi connectivity index (χ4n) is 2.05. The Kier molecular flexibility index (Phi) is 11.3. The summed E-state index contributed by atoms with van der Waals surface area (Å²) in [5.41, 5.74) is -0.949. The van der Waals surface area contributed by atoms with E-state index in [1.165, 1.54) is 12.2 Å². The van der Waals surface area contributed by atoms with Crippen molar-refractivity contribution in [1.29, 1.82) is 0 Å². The molecule has 144 valence electrons. The molecule has 0 aromatic carbocycles. The van der Waals surface area contributed by atoms with Crippen LogP contribution in [0.4, 0.5) is 0 Å². The van der Waals surface area contributed by atoms with Crippen LogP contribution in [-0.2, 0) is 19.1 Å². The summed E-state index contributed by atoms with van der Waals surface area (Å²) in [7, 11) is 0. The van der Waals surface area contributed by atoms with Crippen LogP contribution in [0.3, 0.4) is 0 Å². The van der Waals surface area contributed by atoms with Crippen molar-refractivity contribution < 1.29 is 19.1 Å². The first-order valence-electron chi connectivity index (χ1n) is 8.79. The Bertz CT molecular complexity index is 467. The molecule has 5 heteroatoms. The molecule has 0 spiro atoms. The Morgan fingerprint density at radius 2 is 1.44 bits per heavy atom. The van der Waals surface area contributed by atoms with E-state index >= 15 is 0 Å².